The maximum Gasteiger partial charge on any atom is 0.191 e. The van der Waals surface area contributed by atoms with Crippen LogP contribution in [0.3, 0.4) is 0 Å². The van der Waals surface area contributed by atoms with Gasteiger partial charge in [-0.05, 0) is 39.7 Å². The van der Waals surface area contributed by atoms with E-state index >= 15 is 0 Å². The maximum atomic E-state index is 5.79. The lowest BCUT2D eigenvalue weighted by molar-refractivity contribution is -0.0828. The van der Waals surface area contributed by atoms with Crippen molar-refractivity contribution >= 4 is 29.9 Å². The number of ether oxygens (including phenoxy) is 2. The van der Waals surface area contributed by atoms with Gasteiger partial charge in [-0.3, -0.25) is 9.67 Å². The number of halogens is 1. The Labute approximate surface area is 180 Å². The first-order chi connectivity index (χ1) is 12.4. The first kappa shape index (κ1) is 24.2. The smallest absolute Gasteiger partial charge is 0.191 e. The first-order valence-corrected chi connectivity index (χ1v) is 9.57. The molecule has 1 saturated heterocycles. The van der Waals surface area contributed by atoms with Crippen LogP contribution in [0.25, 0.3) is 0 Å². The zero-order valence-corrected chi connectivity index (χ0v) is 19.9. The molecule has 8 heteroatoms. The van der Waals surface area contributed by atoms with Crippen molar-refractivity contribution in [1.82, 2.24) is 20.4 Å². The summed E-state index contributed by atoms with van der Waals surface area (Å²) in [4.78, 5) is 4.80. The molecule has 1 atom stereocenters. The minimum absolute atomic E-state index is 0. The number of hydrogen-bond donors (Lipinski definition) is 2. The second-order valence-electron chi connectivity index (χ2n) is 7.22. The summed E-state index contributed by atoms with van der Waals surface area (Å²) in [6, 6.07) is 0.252. The molecular weight excluding hydrogens is 457 g/mol. The number of aryl methyl sites for hydroxylation is 2. The summed E-state index contributed by atoms with van der Waals surface area (Å²) in [6.45, 7) is 11.4. The summed E-state index contributed by atoms with van der Waals surface area (Å²) in [5.41, 5.74) is 3.42. The number of nitrogens with zero attached hydrogens (tertiary/aromatic N) is 3. The highest BCUT2D eigenvalue weighted by Crippen LogP contribution is 2.24. The van der Waals surface area contributed by atoms with Gasteiger partial charge in [-0.1, -0.05) is 0 Å². The summed E-state index contributed by atoms with van der Waals surface area (Å²) >= 11 is 0. The summed E-state index contributed by atoms with van der Waals surface area (Å²) in [6.07, 6.45) is 2.69. The van der Waals surface area contributed by atoms with Crippen LogP contribution in [0.2, 0.25) is 0 Å². The zero-order valence-electron chi connectivity index (χ0n) is 17.6. The van der Waals surface area contributed by atoms with Gasteiger partial charge >= 0.3 is 0 Å². The van der Waals surface area contributed by atoms with Gasteiger partial charge in [0.25, 0.3) is 0 Å². The minimum Gasteiger partial charge on any atom is -0.381 e. The number of rotatable bonds is 7. The highest BCUT2D eigenvalue weighted by atomic mass is 127. The molecule has 0 aromatic carbocycles. The van der Waals surface area contributed by atoms with Crippen LogP contribution in [0, 0.1) is 13.8 Å². The van der Waals surface area contributed by atoms with Crippen molar-refractivity contribution in [2.45, 2.75) is 58.6 Å². The molecule has 1 fully saturated rings. The summed E-state index contributed by atoms with van der Waals surface area (Å²) in [5.74, 6) is 0.835. The SMILES string of the molecule is CCNC(=NCC1(OC)CCOCC1)NC(C)Cc1c(C)nn(C)c1C.I. The Morgan fingerprint density at radius 1 is 1.37 bits per heavy atom. The van der Waals surface area contributed by atoms with Crippen LogP contribution in [-0.4, -0.2) is 60.8 Å². The maximum absolute atomic E-state index is 5.79. The predicted octanol–water partition coefficient (Wildman–Crippen LogP) is 2.34. The Kier molecular flexibility index (Phi) is 10.0. The van der Waals surface area contributed by atoms with Gasteiger partial charge < -0.3 is 20.1 Å². The molecule has 2 heterocycles. The number of nitrogens with one attached hydrogen (secondary N) is 2. The fourth-order valence-electron chi connectivity index (χ4n) is 3.42. The topological polar surface area (TPSA) is 72.7 Å². The molecule has 7 nitrogen and oxygen atoms in total. The van der Waals surface area contributed by atoms with E-state index in [2.05, 4.69) is 43.4 Å². The van der Waals surface area contributed by atoms with Gasteiger partial charge in [0.1, 0.15) is 0 Å². The van der Waals surface area contributed by atoms with E-state index in [4.69, 9.17) is 14.5 Å². The van der Waals surface area contributed by atoms with E-state index in [1.54, 1.807) is 7.11 Å². The molecule has 1 aliphatic rings. The second kappa shape index (κ2) is 11.2. The molecule has 2 rings (SSSR count). The fourth-order valence-corrected chi connectivity index (χ4v) is 3.42. The molecule has 1 aliphatic heterocycles. The lowest BCUT2D eigenvalue weighted by Gasteiger charge is -2.34. The fraction of sp³-hybridized carbons (Fsp3) is 0.789. The second-order valence-corrected chi connectivity index (χ2v) is 7.22. The monoisotopic (exact) mass is 493 g/mol. The number of guanidine groups is 1. The van der Waals surface area contributed by atoms with Gasteiger partial charge in [0.05, 0.1) is 17.8 Å². The molecule has 0 spiro atoms. The molecule has 0 aliphatic carbocycles. The largest absolute Gasteiger partial charge is 0.381 e. The molecule has 0 saturated carbocycles. The van der Waals surface area contributed by atoms with E-state index in [1.807, 2.05) is 11.7 Å². The van der Waals surface area contributed by atoms with Gasteiger partial charge in [0.2, 0.25) is 0 Å². The molecule has 1 aromatic rings. The molecular formula is C19H36IN5O2. The number of aromatic nitrogens is 2. The summed E-state index contributed by atoms with van der Waals surface area (Å²) < 4.78 is 13.2. The van der Waals surface area contributed by atoms with Crippen LogP contribution in [0.4, 0.5) is 0 Å². The molecule has 1 aromatic heterocycles. The summed E-state index contributed by atoms with van der Waals surface area (Å²) in [5, 5.41) is 11.4. The molecule has 0 bridgehead atoms. The van der Waals surface area contributed by atoms with Crippen molar-refractivity contribution < 1.29 is 9.47 Å². The van der Waals surface area contributed by atoms with E-state index in [-0.39, 0.29) is 35.6 Å². The highest BCUT2D eigenvalue weighted by Gasteiger charge is 2.32. The number of aliphatic imine (C=N–C) groups is 1. The van der Waals surface area contributed by atoms with Crippen LogP contribution >= 0.6 is 24.0 Å². The first-order valence-electron chi connectivity index (χ1n) is 9.57. The molecule has 27 heavy (non-hydrogen) atoms. The van der Waals surface area contributed by atoms with E-state index in [0.29, 0.717) is 6.54 Å². The van der Waals surface area contributed by atoms with Crippen molar-refractivity contribution in [3.8, 4) is 0 Å². The predicted molar refractivity (Wildman–Crippen MR) is 120 cm³/mol. The summed E-state index contributed by atoms with van der Waals surface area (Å²) in [7, 11) is 3.77. The van der Waals surface area contributed by atoms with Gasteiger partial charge in [-0.15, -0.1) is 24.0 Å². The Balaban J connectivity index is 0.00000364. The van der Waals surface area contributed by atoms with Gasteiger partial charge in [0.15, 0.2) is 5.96 Å². The van der Waals surface area contributed by atoms with Gasteiger partial charge in [-0.25, -0.2) is 0 Å². The molecule has 2 N–H and O–H groups in total. The van der Waals surface area contributed by atoms with Crippen molar-refractivity contribution in [2.75, 3.05) is 33.4 Å². The van der Waals surface area contributed by atoms with E-state index in [0.717, 1.165) is 50.7 Å². The van der Waals surface area contributed by atoms with Crippen LogP contribution in [0.15, 0.2) is 4.99 Å². The average molecular weight is 493 g/mol. The van der Waals surface area contributed by atoms with Crippen molar-refractivity contribution in [1.29, 1.82) is 0 Å². The van der Waals surface area contributed by atoms with E-state index in [1.165, 1.54) is 11.3 Å². The minimum atomic E-state index is -0.208. The number of methoxy groups -OCH3 is 1. The van der Waals surface area contributed by atoms with Crippen LogP contribution in [0.5, 0.6) is 0 Å². The third-order valence-corrected chi connectivity index (χ3v) is 5.26. The van der Waals surface area contributed by atoms with Crippen molar-refractivity contribution in [3.63, 3.8) is 0 Å². The molecule has 156 valence electrons. The zero-order chi connectivity index (χ0) is 19.2. The van der Waals surface area contributed by atoms with Gasteiger partial charge in [0, 0.05) is 58.5 Å². The Hall–Kier alpha value is -0.870. The normalized spacial score (nSPS) is 17.9. The molecule has 0 amide bonds. The highest BCUT2D eigenvalue weighted by molar-refractivity contribution is 14.0. The Morgan fingerprint density at radius 2 is 2.04 bits per heavy atom. The van der Waals surface area contributed by atoms with E-state index < -0.39 is 0 Å². The molecule has 1 unspecified atom stereocenters. The lowest BCUT2D eigenvalue weighted by Crippen LogP contribution is -2.46. The van der Waals surface area contributed by atoms with Crippen LogP contribution in [-0.2, 0) is 22.9 Å². The number of hydrogen-bond acceptors (Lipinski definition) is 4. The van der Waals surface area contributed by atoms with Gasteiger partial charge in [-0.2, -0.15) is 5.10 Å². The quantitative estimate of drug-likeness (QED) is 0.347. The van der Waals surface area contributed by atoms with Crippen molar-refractivity contribution in [3.05, 3.63) is 17.0 Å². The van der Waals surface area contributed by atoms with Crippen molar-refractivity contribution in [2.24, 2.45) is 12.0 Å². The molecule has 0 radical (unpaired) electrons. The van der Waals surface area contributed by atoms with E-state index in [9.17, 15) is 0 Å². The third-order valence-electron chi connectivity index (χ3n) is 5.26. The lowest BCUT2D eigenvalue weighted by atomic mass is 9.94. The van der Waals surface area contributed by atoms with Crippen LogP contribution < -0.4 is 10.6 Å². The third kappa shape index (κ3) is 6.60. The standard InChI is InChI=1S/C19H35N5O2.HI/c1-7-20-18(21-13-19(25-6)8-10-26-11-9-19)22-14(2)12-17-15(3)23-24(5)16(17)4;/h14H,7-13H2,1-6H3,(H2,20,21,22);1H. The Morgan fingerprint density at radius 3 is 2.56 bits per heavy atom. The Bertz CT molecular complexity index is 611. The van der Waals surface area contributed by atoms with Crippen LogP contribution in [0.1, 0.15) is 43.6 Å². The average Bonchev–Trinajstić information content (AvgIpc) is 2.87.